The summed E-state index contributed by atoms with van der Waals surface area (Å²) in [7, 11) is 0. The van der Waals surface area contributed by atoms with Crippen molar-refractivity contribution in [2.45, 2.75) is 12.5 Å². The fourth-order valence-electron chi connectivity index (χ4n) is 1.63. The SMILES string of the molecule is c1cc(CC2CO2)c2[nH]ncc2c1. The molecule has 0 aliphatic carbocycles. The summed E-state index contributed by atoms with van der Waals surface area (Å²) in [5.41, 5.74) is 2.45. The maximum Gasteiger partial charge on any atom is 0.0850 e. The number of hydrogen-bond donors (Lipinski definition) is 1. The Morgan fingerprint density at radius 2 is 2.46 bits per heavy atom. The second-order valence-corrected chi connectivity index (χ2v) is 3.41. The van der Waals surface area contributed by atoms with Gasteiger partial charge in [-0.15, -0.1) is 0 Å². The molecular formula is C10H10N2O. The number of nitrogens with zero attached hydrogens (tertiary/aromatic N) is 1. The predicted octanol–water partition coefficient (Wildman–Crippen LogP) is 1.50. The average molecular weight is 174 g/mol. The van der Waals surface area contributed by atoms with Gasteiger partial charge in [-0.3, -0.25) is 5.10 Å². The van der Waals surface area contributed by atoms with Gasteiger partial charge in [0.05, 0.1) is 24.4 Å². The van der Waals surface area contributed by atoms with Crippen LogP contribution in [0.1, 0.15) is 5.56 Å². The molecule has 0 bridgehead atoms. The van der Waals surface area contributed by atoms with Crippen molar-refractivity contribution in [3.05, 3.63) is 30.0 Å². The van der Waals surface area contributed by atoms with Gasteiger partial charge in [0.25, 0.3) is 0 Å². The first-order valence-electron chi connectivity index (χ1n) is 4.46. The summed E-state index contributed by atoms with van der Waals surface area (Å²) in [5.74, 6) is 0. The Morgan fingerprint density at radius 1 is 1.54 bits per heavy atom. The fraction of sp³-hybridized carbons (Fsp3) is 0.300. The molecule has 3 rings (SSSR count). The monoisotopic (exact) mass is 174 g/mol. The first kappa shape index (κ1) is 7.09. The van der Waals surface area contributed by atoms with Gasteiger partial charge in [-0.2, -0.15) is 5.10 Å². The fourth-order valence-corrected chi connectivity index (χ4v) is 1.63. The molecule has 1 N–H and O–H groups in total. The van der Waals surface area contributed by atoms with Crippen molar-refractivity contribution >= 4 is 10.9 Å². The Balaban J connectivity index is 2.09. The van der Waals surface area contributed by atoms with Crippen molar-refractivity contribution in [2.24, 2.45) is 0 Å². The van der Waals surface area contributed by atoms with Crippen LogP contribution in [-0.2, 0) is 11.2 Å². The lowest BCUT2D eigenvalue weighted by molar-refractivity contribution is 0.408. The van der Waals surface area contributed by atoms with Crippen molar-refractivity contribution in [1.29, 1.82) is 0 Å². The summed E-state index contributed by atoms with van der Waals surface area (Å²) < 4.78 is 5.20. The van der Waals surface area contributed by atoms with Crippen LogP contribution in [-0.4, -0.2) is 22.9 Å². The van der Waals surface area contributed by atoms with Gasteiger partial charge >= 0.3 is 0 Å². The third-order valence-corrected chi connectivity index (χ3v) is 2.41. The predicted molar refractivity (Wildman–Crippen MR) is 49.5 cm³/mol. The second-order valence-electron chi connectivity index (χ2n) is 3.41. The molecule has 1 saturated heterocycles. The van der Waals surface area contributed by atoms with Crippen LogP contribution in [0.3, 0.4) is 0 Å². The highest BCUT2D eigenvalue weighted by Crippen LogP contribution is 2.21. The van der Waals surface area contributed by atoms with Gasteiger partial charge in [-0.25, -0.2) is 0 Å². The van der Waals surface area contributed by atoms with Crippen LogP contribution in [0.25, 0.3) is 10.9 Å². The van der Waals surface area contributed by atoms with Crippen molar-refractivity contribution in [2.75, 3.05) is 6.61 Å². The van der Waals surface area contributed by atoms with E-state index < -0.39 is 0 Å². The van der Waals surface area contributed by atoms with Crippen LogP contribution >= 0.6 is 0 Å². The summed E-state index contributed by atoms with van der Waals surface area (Å²) >= 11 is 0. The number of aromatic amines is 1. The van der Waals surface area contributed by atoms with Crippen LogP contribution in [0.5, 0.6) is 0 Å². The third-order valence-electron chi connectivity index (χ3n) is 2.41. The van der Waals surface area contributed by atoms with Crippen LogP contribution < -0.4 is 0 Å². The molecule has 0 amide bonds. The lowest BCUT2D eigenvalue weighted by atomic mass is 10.1. The van der Waals surface area contributed by atoms with Crippen LogP contribution in [0.4, 0.5) is 0 Å². The standard InChI is InChI=1S/C10H10N2O/c1-2-7(4-9-6-13-9)10-8(3-1)5-11-12-10/h1-3,5,9H,4,6H2,(H,11,12). The number of hydrogen-bond acceptors (Lipinski definition) is 2. The molecule has 1 atom stereocenters. The Hall–Kier alpha value is -1.35. The minimum absolute atomic E-state index is 0.439. The Bertz CT molecular complexity index is 431. The number of benzene rings is 1. The number of rotatable bonds is 2. The quantitative estimate of drug-likeness (QED) is 0.701. The molecule has 1 aliphatic heterocycles. The number of epoxide rings is 1. The maximum atomic E-state index is 5.20. The zero-order valence-corrected chi connectivity index (χ0v) is 7.16. The molecule has 1 fully saturated rings. The van der Waals surface area contributed by atoms with Gasteiger partial charge in [0.15, 0.2) is 0 Å². The molecule has 0 spiro atoms. The van der Waals surface area contributed by atoms with E-state index in [0.29, 0.717) is 6.10 Å². The molecule has 66 valence electrons. The normalized spacial score (nSPS) is 20.8. The molecule has 2 aromatic rings. The van der Waals surface area contributed by atoms with Gasteiger partial charge in [0.2, 0.25) is 0 Å². The van der Waals surface area contributed by atoms with E-state index in [9.17, 15) is 0 Å². The topological polar surface area (TPSA) is 41.2 Å². The summed E-state index contributed by atoms with van der Waals surface area (Å²) in [6.07, 6.45) is 3.29. The van der Waals surface area contributed by atoms with E-state index in [0.717, 1.165) is 18.5 Å². The van der Waals surface area contributed by atoms with E-state index >= 15 is 0 Å². The smallest absolute Gasteiger partial charge is 0.0850 e. The zero-order chi connectivity index (χ0) is 8.67. The van der Waals surface area contributed by atoms with Crippen LogP contribution in [0, 0.1) is 0 Å². The minimum Gasteiger partial charge on any atom is -0.373 e. The van der Waals surface area contributed by atoms with Crippen molar-refractivity contribution in [3.8, 4) is 0 Å². The highest BCUT2D eigenvalue weighted by molar-refractivity contribution is 5.81. The molecule has 3 heteroatoms. The molecule has 1 aromatic heterocycles. The second kappa shape index (κ2) is 2.57. The Kier molecular flexibility index (Phi) is 1.40. The lowest BCUT2D eigenvalue weighted by Gasteiger charge is -1.98. The summed E-state index contributed by atoms with van der Waals surface area (Å²) in [6.45, 7) is 0.907. The maximum absolute atomic E-state index is 5.20. The zero-order valence-electron chi connectivity index (χ0n) is 7.16. The number of ether oxygens (including phenoxy) is 1. The first-order valence-corrected chi connectivity index (χ1v) is 4.46. The Labute approximate surface area is 75.7 Å². The van der Waals surface area contributed by atoms with Gasteiger partial charge in [0, 0.05) is 11.8 Å². The minimum atomic E-state index is 0.439. The van der Waals surface area contributed by atoms with E-state index in [1.165, 1.54) is 10.9 Å². The largest absolute Gasteiger partial charge is 0.373 e. The van der Waals surface area contributed by atoms with E-state index in [1.807, 2.05) is 6.20 Å². The highest BCUT2D eigenvalue weighted by atomic mass is 16.6. The summed E-state index contributed by atoms with van der Waals surface area (Å²) in [6, 6.07) is 6.26. The lowest BCUT2D eigenvalue weighted by Crippen LogP contribution is -1.93. The molecule has 3 nitrogen and oxygen atoms in total. The number of nitrogens with one attached hydrogen (secondary N) is 1. The Morgan fingerprint density at radius 3 is 3.31 bits per heavy atom. The summed E-state index contributed by atoms with van der Waals surface area (Å²) in [5, 5.41) is 8.22. The molecule has 1 aromatic carbocycles. The van der Waals surface area contributed by atoms with Gasteiger partial charge in [-0.1, -0.05) is 18.2 Å². The number of H-pyrrole nitrogens is 1. The van der Waals surface area contributed by atoms with Gasteiger partial charge in [-0.05, 0) is 5.56 Å². The van der Waals surface area contributed by atoms with Crippen molar-refractivity contribution in [1.82, 2.24) is 10.2 Å². The molecule has 1 aliphatic rings. The molecule has 13 heavy (non-hydrogen) atoms. The first-order chi connectivity index (χ1) is 6.43. The third kappa shape index (κ3) is 1.21. The molecule has 1 unspecified atom stereocenters. The number of para-hydroxylation sites is 1. The van der Waals surface area contributed by atoms with E-state index in [4.69, 9.17) is 4.74 Å². The van der Waals surface area contributed by atoms with E-state index in [-0.39, 0.29) is 0 Å². The number of aromatic nitrogens is 2. The van der Waals surface area contributed by atoms with E-state index in [1.54, 1.807) is 0 Å². The van der Waals surface area contributed by atoms with Gasteiger partial charge < -0.3 is 4.74 Å². The molecule has 2 heterocycles. The summed E-state index contributed by atoms with van der Waals surface area (Å²) in [4.78, 5) is 0. The van der Waals surface area contributed by atoms with Crippen LogP contribution in [0.2, 0.25) is 0 Å². The van der Waals surface area contributed by atoms with E-state index in [2.05, 4.69) is 28.4 Å². The molecule has 0 radical (unpaired) electrons. The van der Waals surface area contributed by atoms with Gasteiger partial charge in [0.1, 0.15) is 0 Å². The highest BCUT2D eigenvalue weighted by Gasteiger charge is 2.23. The van der Waals surface area contributed by atoms with Crippen molar-refractivity contribution in [3.63, 3.8) is 0 Å². The van der Waals surface area contributed by atoms with Crippen LogP contribution in [0.15, 0.2) is 24.4 Å². The molecular weight excluding hydrogens is 164 g/mol. The van der Waals surface area contributed by atoms with Crippen molar-refractivity contribution < 1.29 is 4.74 Å². The molecule has 0 saturated carbocycles. The average Bonchev–Trinajstić information content (AvgIpc) is 2.83. The number of fused-ring (bicyclic) bond motifs is 1.